The van der Waals surface area contributed by atoms with Crippen molar-refractivity contribution in [1.29, 1.82) is 0 Å². The summed E-state index contributed by atoms with van der Waals surface area (Å²) in [5.41, 5.74) is 1.10. The molecule has 10 heteroatoms. The number of aliphatic carboxylic acids is 1. The number of nitrogens with zero attached hydrogens (tertiary/aromatic N) is 3. The minimum Gasteiger partial charge on any atom is -0.482 e. The summed E-state index contributed by atoms with van der Waals surface area (Å²) >= 11 is 0. The quantitative estimate of drug-likeness (QED) is 0.540. The fourth-order valence-corrected chi connectivity index (χ4v) is 2.41. The molecular formula is C16H18N4O6. The second-order valence-electron chi connectivity index (χ2n) is 5.51. The lowest BCUT2D eigenvalue weighted by Crippen LogP contribution is -2.16. The molecule has 0 fully saturated rings. The van der Waals surface area contributed by atoms with Crippen molar-refractivity contribution >= 4 is 23.3 Å². The molecule has 1 amide bonds. The number of benzene rings is 1. The number of carbonyl (C=O) groups excluding carboxylic acids is 1. The number of hydrogen-bond donors (Lipinski definition) is 2. The number of aromatic nitrogens is 2. The molecular weight excluding hydrogens is 344 g/mol. The molecule has 138 valence electrons. The van der Waals surface area contributed by atoms with E-state index in [0.29, 0.717) is 22.8 Å². The Morgan fingerprint density at radius 1 is 1.38 bits per heavy atom. The number of anilines is 1. The van der Waals surface area contributed by atoms with Crippen LogP contribution in [0.4, 0.5) is 11.4 Å². The number of aryl methyl sites for hydroxylation is 2. The number of ether oxygens (including phenoxy) is 1. The van der Waals surface area contributed by atoms with E-state index in [1.54, 1.807) is 32.0 Å². The Kier molecular flexibility index (Phi) is 5.89. The van der Waals surface area contributed by atoms with Crippen LogP contribution in [0.15, 0.2) is 24.3 Å². The molecule has 0 aliphatic carbocycles. The monoisotopic (exact) mass is 362 g/mol. The highest BCUT2D eigenvalue weighted by Crippen LogP contribution is 2.22. The van der Waals surface area contributed by atoms with E-state index in [1.807, 2.05) is 0 Å². The van der Waals surface area contributed by atoms with Crippen LogP contribution in [-0.4, -0.2) is 38.3 Å². The molecule has 1 heterocycles. The summed E-state index contributed by atoms with van der Waals surface area (Å²) in [6.45, 7) is 2.85. The zero-order valence-electron chi connectivity index (χ0n) is 14.3. The van der Waals surface area contributed by atoms with Gasteiger partial charge in [-0.05, 0) is 26.0 Å². The van der Waals surface area contributed by atoms with Crippen LogP contribution in [0.25, 0.3) is 0 Å². The lowest BCUT2D eigenvalue weighted by molar-refractivity contribution is -0.386. The third-order valence-electron chi connectivity index (χ3n) is 3.56. The molecule has 1 aromatic heterocycles. The van der Waals surface area contributed by atoms with E-state index in [9.17, 15) is 19.7 Å². The van der Waals surface area contributed by atoms with Gasteiger partial charge in [-0.1, -0.05) is 6.07 Å². The van der Waals surface area contributed by atoms with Crippen LogP contribution in [0.5, 0.6) is 5.75 Å². The van der Waals surface area contributed by atoms with Crippen LogP contribution < -0.4 is 10.1 Å². The minimum absolute atomic E-state index is 0.0475. The number of carboxylic acid groups (broad SMARTS) is 1. The smallest absolute Gasteiger partial charge is 0.341 e. The van der Waals surface area contributed by atoms with Gasteiger partial charge in [0, 0.05) is 18.2 Å². The zero-order valence-corrected chi connectivity index (χ0v) is 14.3. The van der Waals surface area contributed by atoms with Crippen molar-refractivity contribution in [2.24, 2.45) is 0 Å². The molecule has 0 radical (unpaired) electrons. The highest BCUT2D eigenvalue weighted by molar-refractivity contribution is 5.90. The molecule has 10 nitrogen and oxygen atoms in total. The van der Waals surface area contributed by atoms with Gasteiger partial charge in [-0.3, -0.25) is 19.6 Å². The predicted octanol–water partition coefficient (Wildman–Crippen LogP) is 1.90. The van der Waals surface area contributed by atoms with Crippen molar-refractivity contribution in [2.75, 3.05) is 11.9 Å². The van der Waals surface area contributed by atoms with Crippen molar-refractivity contribution in [2.45, 2.75) is 26.8 Å². The van der Waals surface area contributed by atoms with Gasteiger partial charge in [0.25, 0.3) is 0 Å². The third kappa shape index (κ3) is 4.79. The lowest BCUT2D eigenvalue weighted by Gasteiger charge is -2.08. The zero-order chi connectivity index (χ0) is 19.3. The molecule has 0 saturated heterocycles. The highest BCUT2D eigenvalue weighted by atomic mass is 16.6. The fraction of sp³-hybridized carbons (Fsp3) is 0.312. The summed E-state index contributed by atoms with van der Waals surface area (Å²) in [5, 5.41) is 26.3. The molecule has 0 spiro atoms. The van der Waals surface area contributed by atoms with Crippen molar-refractivity contribution in [1.82, 2.24) is 9.78 Å². The van der Waals surface area contributed by atoms with Crippen LogP contribution in [0.1, 0.15) is 17.8 Å². The summed E-state index contributed by atoms with van der Waals surface area (Å²) in [6, 6.07) is 6.35. The number of nitrogens with one attached hydrogen (secondary N) is 1. The van der Waals surface area contributed by atoms with E-state index in [2.05, 4.69) is 10.4 Å². The molecule has 0 aliphatic rings. The Labute approximate surface area is 148 Å². The molecule has 2 rings (SSSR count). The molecule has 0 aliphatic heterocycles. The molecule has 2 N–H and O–H groups in total. The summed E-state index contributed by atoms with van der Waals surface area (Å²) in [5.74, 6) is -1.09. The number of carboxylic acids is 1. The third-order valence-corrected chi connectivity index (χ3v) is 3.56. The maximum absolute atomic E-state index is 12.1. The van der Waals surface area contributed by atoms with Gasteiger partial charge in [-0.25, -0.2) is 4.79 Å². The van der Waals surface area contributed by atoms with E-state index in [0.717, 1.165) is 0 Å². The second kappa shape index (κ2) is 8.10. The highest BCUT2D eigenvalue weighted by Gasteiger charge is 2.21. The van der Waals surface area contributed by atoms with E-state index in [-0.39, 0.29) is 24.6 Å². The second-order valence-corrected chi connectivity index (χ2v) is 5.51. The molecule has 1 aromatic carbocycles. The van der Waals surface area contributed by atoms with Gasteiger partial charge in [0.1, 0.15) is 17.1 Å². The average Bonchev–Trinajstić information content (AvgIpc) is 2.85. The normalized spacial score (nSPS) is 10.4. The molecule has 26 heavy (non-hydrogen) atoms. The van der Waals surface area contributed by atoms with Gasteiger partial charge >= 0.3 is 11.7 Å². The van der Waals surface area contributed by atoms with Crippen LogP contribution in [0, 0.1) is 24.0 Å². The fourth-order valence-electron chi connectivity index (χ4n) is 2.41. The van der Waals surface area contributed by atoms with E-state index >= 15 is 0 Å². The van der Waals surface area contributed by atoms with Crippen molar-refractivity contribution < 1.29 is 24.4 Å². The Hall–Kier alpha value is -3.43. The van der Waals surface area contributed by atoms with E-state index in [4.69, 9.17) is 9.84 Å². The Balaban J connectivity index is 1.95. The number of amides is 1. The lowest BCUT2D eigenvalue weighted by atomic mass is 10.3. The maximum atomic E-state index is 12.1. The molecule has 0 saturated carbocycles. The standard InChI is InChI=1S/C16H18N4O6/c1-10-16(20(24)25)11(2)19(18-10)7-6-14(21)17-12-4-3-5-13(8-12)26-9-15(22)23/h3-5,8H,6-7,9H2,1-2H3,(H,17,21)(H,22,23). The number of nitro groups is 1. The number of rotatable bonds is 8. The summed E-state index contributed by atoms with van der Waals surface area (Å²) in [6.07, 6.45) is 0.0688. The average molecular weight is 362 g/mol. The van der Waals surface area contributed by atoms with Crippen LogP contribution in [0.2, 0.25) is 0 Å². The molecule has 0 bridgehead atoms. The van der Waals surface area contributed by atoms with E-state index < -0.39 is 17.5 Å². The summed E-state index contributed by atoms with van der Waals surface area (Å²) < 4.78 is 6.47. The van der Waals surface area contributed by atoms with Gasteiger partial charge in [0.2, 0.25) is 5.91 Å². The predicted molar refractivity (Wildman–Crippen MR) is 91.2 cm³/mol. The summed E-state index contributed by atoms with van der Waals surface area (Å²) in [7, 11) is 0. The van der Waals surface area contributed by atoms with Crippen molar-refractivity contribution in [3.63, 3.8) is 0 Å². The minimum atomic E-state index is -1.10. The first kappa shape index (κ1) is 18.9. The molecule has 0 atom stereocenters. The topological polar surface area (TPSA) is 137 Å². The van der Waals surface area contributed by atoms with Crippen LogP contribution >= 0.6 is 0 Å². The summed E-state index contributed by atoms with van der Waals surface area (Å²) in [4.78, 5) is 33.1. The Morgan fingerprint density at radius 3 is 2.73 bits per heavy atom. The van der Waals surface area contributed by atoms with Gasteiger partial charge in [0.05, 0.1) is 11.5 Å². The maximum Gasteiger partial charge on any atom is 0.341 e. The molecule has 2 aromatic rings. The first-order valence-corrected chi connectivity index (χ1v) is 7.71. The Bertz CT molecular complexity index is 845. The SMILES string of the molecule is Cc1nn(CCC(=O)Nc2cccc(OCC(=O)O)c2)c(C)c1[N+](=O)[O-]. The number of carbonyl (C=O) groups is 2. The molecule has 0 unspecified atom stereocenters. The van der Waals surface area contributed by atoms with Gasteiger partial charge in [0.15, 0.2) is 6.61 Å². The van der Waals surface area contributed by atoms with Gasteiger partial charge in [-0.15, -0.1) is 0 Å². The first-order valence-electron chi connectivity index (χ1n) is 7.71. The largest absolute Gasteiger partial charge is 0.482 e. The van der Waals surface area contributed by atoms with Crippen molar-refractivity contribution in [3.8, 4) is 5.75 Å². The van der Waals surface area contributed by atoms with Crippen LogP contribution in [-0.2, 0) is 16.1 Å². The first-order chi connectivity index (χ1) is 12.3. The van der Waals surface area contributed by atoms with Gasteiger partial charge < -0.3 is 15.2 Å². The van der Waals surface area contributed by atoms with Crippen molar-refractivity contribution in [3.05, 3.63) is 45.8 Å². The van der Waals surface area contributed by atoms with E-state index in [1.165, 1.54) is 10.7 Å². The number of hydrogen-bond acceptors (Lipinski definition) is 6. The van der Waals surface area contributed by atoms with Gasteiger partial charge in [-0.2, -0.15) is 5.10 Å². The Morgan fingerprint density at radius 2 is 2.12 bits per heavy atom. The van der Waals surface area contributed by atoms with Crippen LogP contribution in [0.3, 0.4) is 0 Å².